The molecule has 2 atom stereocenters. The number of fused-ring (bicyclic) bond motifs is 2. The molecule has 0 aliphatic heterocycles. The van der Waals surface area contributed by atoms with Gasteiger partial charge in [0.2, 0.25) is 0 Å². The third-order valence-corrected chi connectivity index (χ3v) is 5.40. The highest BCUT2D eigenvalue weighted by Crippen LogP contribution is 2.42. The molecular formula is C22H24N2O2. The molecule has 1 heterocycles. The summed E-state index contributed by atoms with van der Waals surface area (Å²) in [6, 6.07) is 17.3. The Balaban J connectivity index is 1.84. The van der Waals surface area contributed by atoms with Crippen molar-refractivity contribution in [2.75, 3.05) is 20.6 Å². The molecule has 2 aromatic carbocycles. The SMILES string of the molecule is CN(C)C[C@H]1Cc2nc3ccccc3cc2C[C@@]1(O)c1cccc(O)c1. The van der Waals surface area contributed by atoms with Gasteiger partial charge in [-0.3, -0.25) is 4.98 Å². The molecule has 0 saturated carbocycles. The minimum atomic E-state index is -1.03. The Hall–Kier alpha value is -2.43. The lowest BCUT2D eigenvalue weighted by Gasteiger charge is -2.42. The van der Waals surface area contributed by atoms with Crippen molar-refractivity contribution in [2.45, 2.75) is 18.4 Å². The fraction of sp³-hybridized carbons (Fsp3) is 0.318. The van der Waals surface area contributed by atoms with Crippen molar-refractivity contribution >= 4 is 10.9 Å². The summed E-state index contributed by atoms with van der Waals surface area (Å²) in [4.78, 5) is 6.97. The number of nitrogens with zero attached hydrogens (tertiary/aromatic N) is 2. The molecule has 4 rings (SSSR count). The van der Waals surface area contributed by atoms with Crippen molar-refractivity contribution < 1.29 is 10.2 Å². The van der Waals surface area contributed by atoms with Gasteiger partial charge in [0, 0.05) is 30.0 Å². The predicted molar refractivity (Wildman–Crippen MR) is 103 cm³/mol. The standard InChI is InChI=1S/C22H24N2O2/c1-24(2)14-18-12-21-16(10-15-6-3-4-9-20(15)23-21)13-22(18,26)17-7-5-8-19(25)11-17/h3-11,18,25-26H,12-14H2,1-2H3/t18-,22-/m1/s1. The molecule has 0 spiro atoms. The Labute approximate surface area is 153 Å². The zero-order valence-corrected chi connectivity index (χ0v) is 15.2. The first-order valence-electron chi connectivity index (χ1n) is 9.00. The highest BCUT2D eigenvalue weighted by atomic mass is 16.3. The summed E-state index contributed by atoms with van der Waals surface area (Å²) in [5.74, 6) is 0.183. The number of hydrogen-bond acceptors (Lipinski definition) is 4. The van der Waals surface area contributed by atoms with Gasteiger partial charge in [-0.05, 0) is 55.9 Å². The molecule has 1 aliphatic rings. The van der Waals surface area contributed by atoms with Crippen LogP contribution in [-0.4, -0.2) is 40.7 Å². The summed E-state index contributed by atoms with van der Waals surface area (Å²) < 4.78 is 0. The maximum atomic E-state index is 11.7. The third kappa shape index (κ3) is 2.96. The molecule has 1 aromatic heterocycles. The molecule has 134 valence electrons. The molecule has 0 amide bonds. The number of phenols is 1. The van der Waals surface area contributed by atoms with Crippen molar-refractivity contribution in [1.82, 2.24) is 9.88 Å². The van der Waals surface area contributed by atoms with Gasteiger partial charge < -0.3 is 15.1 Å². The van der Waals surface area contributed by atoms with Crippen LogP contribution in [0.15, 0.2) is 54.6 Å². The van der Waals surface area contributed by atoms with Crippen LogP contribution in [0.2, 0.25) is 0 Å². The van der Waals surface area contributed by atoms with Crippen molar-refractivity contribution in [2.24, 2.45) is 5.92 Å². The van der Waals surface area contributed by atoms with Crippen LogP contribution in [0.25, 0.3) is 10.9 Å². The van der Waals surface area contributed by atoms with Gasteiger partial charge in [0.05, 0.1) is 11.1 Å². The summed E-state index contributed by atoms with van der Waals surface area (Å²) in [5.41, 5.74) is 2.89. The van der Waals surface area contributed by atoms with Crippen LogP contribution < -0.4 is 0 Å². The van der Waals surface area contributed by atoms with E-state index in [1.54, 1.807) is 18.2 Å². The minimum absolute atomic E-state index is 0.000428. The molecule has 26 heavy (non-hydrogen) atoms. The monoisotopic (exact) mass is 348 g/mol. The van der Waals surface area contributed by atoms with Crippen LogP contribution in [0, 0.1) is 5.92 Å². The van der Waals surface area contributed by atoms with E-state index in [9.17, 15) is 10.2 Å². The lowest BCUT2D eigenvalue weighted by atomic mass is 9.70. The minimum Gasteiger partial charge on any atom is -0.508 e. The van der Waals surface area contributed by atoms with Gasteiger partial charge in [-0.15, -0.1) is 0 Å². The van der Waals surface area contributed by atoms with Crippen LogP contribution in [-0.2, 0) is 18.4 Å². The number of para-hydroxylation sites is 1. The number of phenolic OH excluding ortho intramolecular Hbond substituents is 1. The van der Waals surface area contributed by atoms with Crippen molar-refractivity contribution in [3.63, 3.8) is 0 Å². The number of aromatic hydroxyl groups is 1. The molecule has 4 heteroatoms. The smallest absolute Gasteiger partial charge is 0.115 e. The number of pyridine rings is 1. The highest BCUT2D eigenvalue weighted by Gasteiger charge is 2.43. The summed E-state index contributed by atoms with van der Waals surface area (Å²) in [6.07, 6.45) is 1.21. The Kier molecular flexibility index (Phi) is 4.17. The molecule has 3 aromatic rings. The molecule has 2 N–H and O–H groups in total. The van der Waals surface area contributed by atoms with E-state index in [1.165, 1.54) is 0 Å². The van der Waals surface area contributed by atoms with E-state index in [4.69, 9.17) is 4.98 Å². The second-order valence-electron chi connectivity index (χ2n) is 7.60. The predicted octanol–water partition coefficient (Wildman–Crippen LogP) is 3.10. The van der Waals surface area contributed by atoms with Gasteiger partial charge in [-0.25, -0.2) is 0 Å². The van der Waals surface area contributed by atoms with E-state index in [-0.39, 0.29) is 11.7 Å². The number of aliphatic hydroxyl groups is 1. The molecular weight excluding hydrogens is 324 g/mol. The molecule has 4 nitrogen and oxygen atoms in total. The number of rotatable bonds is 3. The Bertz CT molecular complexity index is 954. The highest BCUT2D eigenvalue weighted by molar-refractivity contribution is 5.79. The molecule has 0 fully saturated rings. The lowest BCUT2D eigenvalue weighted by molar-refractivity contribution is -0.0400. The van der Waals surface area contributed by atoms with Gasteiger partial charge in [0.1, 0.15) is 5.75 Å². The van der Waals surface area contributed by atoms with E-state index in [2.05, 4.69) is 17.0 Å². The summed E-state index contributed by atoms with van der Waals surface area (Å²) in [7, 11) is 4.04. The largest absolute Gasteiger partial charge is 0.508 e. The van der Waals surface area contributed by atoms with E-state index in [1.807, 2.05) is 38.4 Å². The fourth-order valence-electron chi connectivity index (χ4n) is 4.14. The van der Waals surface area contributed by atoms with Crippen LogP contribution in [0.4, 0.5) is 0 Å². The van der Waals surface area contributed by atoms with Gasteiger partial charge in [-0.1, -0.05) is 30.3 Å². The first-order chi connectivity index (χ1) is 12.5. The molecule has 0 saturated heterocycles. The van der Waals surface area contributed by atoms with Gasteiger partial charge in [0.25, 0.3) is 0 Å². The average molecular weight is 348 g/mol. The summed E-state index contributed by atoms with van der Waals surface area (Å²) >= 11 is 0. The Morgan fingerprint density at radius 1 is 1.12 bits per heavy atom. The van der Waals surface area contributed by atoms with Crippen LogP contribution >= 0.6 is 0 Å². The second-order valence-corrected chi connectivity index (χ2v) is 7.60. The Morgan fingerprint density at radius 2 is 1.92 bits per heavy atom. The maximum absolute atomic E-state index is 11.7. The number of aromatic nitrogens is 1. The molecule has 0 bridgehead atoms. The topological polar surface area (TPSA) is 56.6 Å². The van der Waals surface area contributed by atoms with Crippen molar-refractivity contribution in [1.29, 1.82) is 0 Å². The molecule has 0 radical (unpaired) electrons. The van der Waals surface area contributed by atoms with Gasteiger partial charge in [0.15, 0.2) is 0 Å². The molecule has 1 aliphatic carbocycles. The summed E-state index contributed by atoms with van der Waals surface area (Å²) in [6.45, 7) is 0.750. The van der Waals surface area contributed by atoms with Crippen LogP contribution in [0.5, 0.6) is 5.75 Å². The van der Waals surface area contributed by atoms with Crippen molar-refractivity contribution in [3.05, 3.63) is 71.4 Å². The zero-order valence-electron chi connectivity index (χ0n) is 15.2. The summed E-state index contributed by atoms with van der Waals surface area (Å²) in [5, 5.41) is 22.8. The zero-order chi connectivity index (χ0) is 18.3. The number of hydrogen-bond donors (Lipinski definition) is 2. The van der Waals surface area contributed by atoms with Crippen molar-refractivity contribution in [3.8, 4) is 5.75 Å². The average Bonchev–Trinajstić information content (AvgIpc) is 2.60. The number of benzene rings is 2. The first kappa shape index (κ1) is 17.0. The van der Waals surface area contributed by atoms with E-state index >= 15 is 0 Å². The fourth-order valence-corrected chi connectivity index (χ4v) is 4.14. The van der Waals surface area contributed by atoms with E-state index in [0.717, 1.165) is 34.3 Å². The van der Waals surface area contributed by atoms with Gasteiger partial charge >= 0.3 is 0 Å². The third-order valence-electron chi connectivity index (χ3n) is 5.40. The molecule has 0 unspecified atom stereocenters. The van der Waals surface area contributed by atoms with Crippen LogP contribution in [0.3, 0.4) is 0 Å². The maximum Gasteiger partial charge on any atom is 0.115 e. The van der Waals surface area contributed by atoms with E-state index < -0.39 is 5.60 Å². The second kappa shape index (κ2) is 6.38. The van der Waals surface area contributed by atoms with Crippen LogP contribution in [0.1, 0.15) is 16.8 Å². The Morgan fingerprint density at radius 3 is 2.69 bits per heavy atom. The van der Waals surface area contributed by atoms with Gasteiger partial charge in [-0.2, -0.15) is 0 Å². The first-order valence-corrected chi connectivity index (χ1v) is 9.00. The lowest BCUT2D eigenvalue weighted by Crippen LogP contribution is -2.46. The normalized spacial score (nSPS) is 22.5. The van der Waals surface area contributed by atoms with E-state index in [0.29, 0.717) is 12.8 Å². The quantitative estimate of drug-likeness (QED) is 0.764.